The summed E-state index contributed by atoms with van der Waals surface area (Å²) in [5, 5.41) is 6.01. The van der Waals surface area contributed by atoms with Gasteiger partial charge in [0, 0.05) is 31.7 Å². The quantitative estimate of drug-likeness (QED) is 0.251. The van der Waals surface area contributed by atoms with E-state index in [1.807, 2.05) is 66.7 Å². The standard InChI is InChI=1S/C27H30N6O2/c28-27(35)30-14-7-15-33(19-25-31-23-12-4-5-13-24(23)32-25)26(34)22-11-6-10-21(16-22)18-29-17-20-8-2-1-3-9-20/h1-6,8-13,16,29H,7,14-15,17-19H2,(H,31,32)(H3,28,30,35). The first kappa shape index (κ1) is 24.0. The van der Waals surface area contributed by atoms with Crippen LogP contribution >= 0.6 is 0 Å². The monoisotopic (exact) mass is 470 g/mol. The second-order valence-corrected chi connectivity index (χ2v) is 8.36. The van der Waals surface area contributed by atoms with Crippen LogP contribution in [0.5, 0.6) is 0 Å². The third kappa shape index (κ3) is 6.91. The van der Waals surface area contributed by atoms with Crippen LogP contribution in [0, 0.1) is 0 Å². The van der Waals surface area contributed by atoms with E-state index >= 15 is 0 Å². The zero-order valence-electron chi connectivity index (χ0n) is 19.5. The summed E-state index contributed by atoms with van der Waals surface area (Å²) >= 11 is 0. The van der Waals surface area contributed by atoms with Gasteiger partial charge >= 0.3 is 6.03 Å². The van der Waals surface area contributed by atoms with Gasteiger partial charge in [0.25, 0.3) is 5.91 Å². The van der Waals surface area contributed by atoms with Crippen LogP contribution < -0.4 is 16.4 Å². The van der Waals surface area contributed by atoms with Crippen LogP contribution in [-0.2, 0) is 19.6 Å². The van der Waals surface area contributed by atoms with Crippen molar-refractivity contribution in [1.29, 1.82) is 0 Å². The minimum absolute atomic E-state index is 0.0885. The van der Waals surface area contributed by atoms with E-state index in [9.17, 15) is 9.59 Å². The number of imidazole rings is 1. The molecule has 180 valence electrons. The van der Waals surface area contributed by atoms with Crippen LogP contribution in [-0.4, -0.2) is 39.9 Å². The molecule has 0 saturated heterocycles. The Bertz CT molecular complexity index is 1240. The minimum Gasteiger partial charge on any atom is -0.352 e. The van der Waals surface area contributed by atoms with Crippen molar-refractivity contribution in [2.45, 2.75) is 26.1 Å². The lowest BCUT2D eigenvalue weighted by atomic mass is 10.1. The number of rotatable bonds is 11. The van der Waals surface area contributed by atoms with Gasteiger partial charge in [0.2, 0.25) is 0 Å². The molecule has 0 aliphatic rings. The Hall–Kier alpha value is -4.17. The van der Waals surface area contributed by atoms with E-state index in [0.29, 0.717) is 44.0 Å². The number of aromatic nitrogens is 2. The van der Waals surface area contributed by atoms with Crippen molar-refractivity contribution in [3.8, 4) is 0 Å². The summed E-state index contributed by atoms with van der Waals surface area (Å²) in [5.74, 6) is 0.623. The number of nitrogens with one attached hydrogen (secondary N) is 3. The van der Waals surface area contributed by atoms with Crippen molar-refractivity contribution < 1.29 is 9.59 Å². The summed E-state index contributed by atoms with van der Waals surface area (Å²) < 4.78 is 0. The molecule has 0 saturated carbocycles. The highest BCUT2D eigenvalue weighted by Crippen LogP contribution is 2.15. The molecule has 8 nitrogen and oxygen atoms in total. The molecule has 0 radical (unpaired) electrons. The predicted molar refractivity (Wildman–Crippen MR) is 136 cm³/mol. The van der Waals surface area contributed by atoms with Crippen molar-refractivity contribution in [3.63, 3.8) is 0 Å². The van der Waals surface area contributed by atoms with Gasteiger partial charge in [0.1, 0.15) is 5.82 Å². The fourth-order valence-electron chi connectivity index (χ4n) is 3.94. The number of aromatic amines is 1. The number of hydrogen-bond donors (Lipinski definition) is 4. The molecule has 0 atom stereocenters. The van der Waals surface area contributed by atoms with E-state index < -0.39 is 6.03 Å². The molecule has 3 aromatic carbocycles. The van der Waals surface area contributed by atoms with E-state index in [-0.39, 0.29) is 5.91 Å². The molecule has 8 heteroatoms. The maximum Gasteiger partial charge on any atom is 0.312 e. The first-order valence-electron chi connectivity index (χ1n) is 11.7. The van der Waals surface area contributed by atoms with Gasteiger partial charge in [-0.2, -0.15) is 0 Å². The SMILES string of the molecule is NC(=O)NCCCN(Cc1nc2ccccc2[nH]1)C(=O)c1cccc(CNCc2ccccc2)c1. The highest BCUT2D eigenvalue weighted by Gasteiger charge is 2.18. The zero-order valence-corrected chi connectivity index (χ0v) is 19.5. The van der Waals surface area contributed by atoms with Gasteiger partial charge in [-0.15, -0.1) is 0 Å². The number of carbonyl (C=O) groups is 2. The smallest absolute Gasteiger partial charge is 0.312 e. The number of para-hydroxylation sites is 2. The second-order valence-electron chi connectivity index (χ2n) is 8.36. The predicted octanol–water partition coefficient (Wildman–Crippen LogP) is 3.55. The summed E-state index contributed by atoms with van der Waals surface area (Å²) in [6.45, 7) is 2.59. The van der Waals surface area contributed by atoms with E-state index in [2.05, 4.69) is 32.7 Å². The molecular formula is C27H30N6O2. The Kier molecular flexibility index (Phi) is 8.08. The molecule has 4 aromatic rings. The molecule has 0 aliphatic heterocycles. The molecular weight excluding hydrogens is 440 g/mol. The normalized spacial score (nSPS) is 10.9. The summed E-state index contributed by atoms with van der Waals surface area (Å²) in [4.78, 5) is 34.2. The molecule has 4 rings (SSSR count). The lowest BCUT2D eigenvalue weighted by Gasteiger charge is -2.22. The Balaban J connectivity index is 1.44. The van der Waals surface area contributed by atoms with Gasteiger partial charge in [-0.25, -0.2) is 9.78 Å². The minimum atomic E-state index is -0.573. The largest absolute Gasteiger partial charge is 0.352 e. The van der Waals surface area contributed by atoms with Crippen molar-refractivity contribution in [1.82, 2.24) is 25.5 Å². The lowest BCUT2D eigenvalue weighted by Crippen LogP contribution is -2.35. The number of hydrogen-bond acceptors (Lipinski definition) is 4. The van der Waals surface area contributed by atoms with Gasteiger partial charge < -0.3 is 26.3 Å². The number of nitrogens with zero attached hydrogens (tertiary/aromatic N) is 2. The average molecular weight is 471 g/mol. The van der Waals surface area contributed by atoms with E-state index in [1.54, 1.807) is 4.90 Å². The highest BCUT2D eigenvalue weighted by atomic mass is 16.2. The fraction of sp³-hybridized carbons (Fsp3) is 0.222. The maximum absolute atomic E-state index is 13.5. The maximum atomic E-state index is 13.5. The highest BCUT2D eigenvalue weighted by molar-refractivity contribution is 5.94. The first-order chi connectivity index (χ1) is 17.1. The molecule has 0 fully saturated rings. The molecule has 0 spiro atoms. The van der Waals surface area contributed by atoms with Gasteiger partial charge in [0.05, 0.1) is 17.6 Å². The van der Waals surface area contributed by atoms with Crippen LogP contribution in [0.2, 0.25) is 0 Å². The molecule has 5 N–H and O–H groups in total. The molecule has 0 aliphatic carbocycles. The molecule has 1 aromatic heterocycles. The average Bonchev–Trinajstić information content (AvgIpc) is 3.29. The van der Waals surface area contributed by atoms with Gasteiger partial charge in [0.15, 0.2) is 0 Å². The molecule has 1 heterocycles. The van der Waals surface area contributed by atoms with Crippen molar-refractivity contribution >= 4 is 23.0 Å². The van der Waals surface area contributed by atoms with Gasteiger partial charge in [-0.3, -0.25) is 4.79 Å². The third-order valence-electron chi connectivity index (χ3n) is 5.65. The summed E-state index contributed by atoms with van der Waals surface area (Å²) in [6, 6.07) is 25.1. The van der Waals surface area contributed by atoms with Gasteiger partial charge in [-0.1, -0.05) is 54.6 Å². The van der Waals surface area contributed by atoms with E-state index in [1.165, 1.54) is 5.56 Å². The molecule has 0 unspecified atom stereocenters. The number of nitrogens with two attached hydrogens (primary N) is 1. The molecule has 35 heavy (non-hydrogen) atoms. The number of H-pyrrole nitrogens is 1. The van der Waals surface area contributed by atoms with Gasteiger partial charge in [-0.05, 0) is 41.8 Å². The summed E-state index contributed by atoms with van der Waals surface area (Å²) in [7, 11) is 0. The Morgan fingerprint density at radius 3 is 2.46 bits per heavy atom. The first-order valence-corrected chi connectivity index (χ1v) is 11.7. The van der Waals surface area contributed by atoms with E-state index in [0.717, 1.165) is 23.1 Å². The number of carbonyl (C=O) groups excluding carboxylic acids is 2. The summed E-state index contributed by atoms with van der Waals surface area (Å²) in [6.07, 6.45) is 0.577. The van der Waals surface area contributed by atoms with Crippen LogP contribution in [0.3, 0.4) is 0 Å². The number of fused-ring (bicyclic) bond motifs is 1. The topological polar surface area (TPSA) is 116 Å². The van der Waals surface area contributed by atoms with Crippen LogP contribution in [0.25, 0.3) is 11.0 Å². The third-order valence-corrected chi connectivity index (χ3v) is 5.65. The lowest BCUT2D eigenvalue weighted by molar-refractivity contribution is 0.0737. The number of benzene rings is 3. The number of primary amides is 1. The van der Waals surface area contributed by atoms with E-state index in [4.69, 9.17) is 5.73 Å². The van der Waals surface area contributed by atoms with Crippen molar-refractivity contribution in [2.24, 2.45) is 5.73 Å². The second kappa shape index (κ2) is 11.8. The fourth-order valence-corrected chi connectivity index (χ4v) is 3.94. The number of amides is 3. The number of urea groups is 1. The van der Waals surface area contributed by atoms with Crippen LogP contribution in [0.15, 0.2) is 78.9 Å². The van der Waals surface area contributed by atoms with Crippen LogP contribution in [0.4, 0.5) is 4.79 Å². The Morgan fingerprint density at radius 1 is 0.914 bits per heavy atom. The Morgan fingerprint density at radius 2 is 1.66 bits per heavy atom. The van der Waals surface area contributed by atoms with Crippen molar-refractivity contribution in [3.05, 3.63) is 101 Å². The Labute approximate surface area is 204 Å². The van der Waals surface area contributed by atoms with Crippen LogP contribution in [0.1, 0.15) is 33.7 Å². The van der Waals surface area contributed by atoms with Crippen molar-refractivity contribution in [2.75, 3.05) is 13.1 Å². The zero-order chi connectivity index (χ0) is 24.5. The molecule has 0 bridgehead atoms. The summed E-state index contributed by atoms with van der Waals surface area (Å²) in [5.41, 5.74) is 9.81. The molecule has 3 amide bonds.